The number of fused-ring (bicyclic) bond motifs is 7. The van der Waals surface area contributed by atoms with Gasteiger partial charge in [-0.3, -0.25) is 0 Å². The van der Waals surface area contributed by atoms with Crippen molar-refractivity contribution in [3.8, 4) is 56.2 Å². The Balaban J connectivity index is 1.16. The molecule has 0 bridgehead atoms. The summed E-state index contributed by atoms with van der Waals surface area (Å²) in [5, 5.41) is 7.53. The van der Waals surface area contributed by atoms with E-state index in [1.165, 1.54) is 65.7 Å². The molecule has 0 spiro atoms. The minimum Gasteiger partial charge on any atom is -0.228 e. The molecule has 0 aliphatic heterocycles. The van der Waals surface area contributed by atoms with E-state index in [1.54, 1.807) is 0 Å². The summed E-state index contributed by atoms with van der Waals surface area (Å²) in [6.45, 7) is 4.67. The molecule has 0 N–H and O–H groups in total. The molecule has 1 aliphatic carbocycles. The number of aromatic nitrogens is 2. The van der Waals surface area contributed by atoms with Crippen LogP contribution in [0, 0.1) is 0 Å². The Morgan fingerprint density at radius 1 is 0.412 bits per heavy atom. The van der Waals surface area contributed by atoms with Crippen LogP contribution in [-0.4, -0.2) is 9.97 Å². The second-order valence-electron chi connectivity index (χ2n) is 14.2. The van der Waals surface area contributed by atoms with Crippen molar-refractivity contribution in [3.05, 3.63) is 181 Å². The summed E-state index contributed by atoms with van der Waals surface area (Å²) in [7, 11) is 0. The van der Waals surface area contributed by atoms with E-state index in [4.69, 9.17) is 9.97 Å². The smallest absolute Gasteiger partial charge is 0.160 e. The molecule has 0 saturated heterocycles. The van der Waals surface area contributed by atoms with Crippen LogP contribution in [0.4, 0.5) is 0 Å². The second kappa shape index (κ2) is 11.3. The van der Waals surface area contributed by atoms with Gasteiger partial charge in [-0.1, -0.05) is 172 Å². The maximum atomic E-state index is 5.34. The fourth-order valence-electron chi connectivity index (χ4n) is 8.46. The van der Waals surface area contributed by atoms with E-state index in [0.29, 0.717) is 0 Å². The van der Waals surface area contributed by atoms with Crippen LogP contribution in [0.1, 0.15) is 25.0 Å². The summed E-state index contributed by atoms with van der Waals surface area (Å²) in [6.07, 6.45) is 0. The predicted molar refractivity (Wildman–Crippen MR) is 214 cm³/mol. The molecule has 0 radical (unpaired) electrons. The largest absolute Gasteiger partial charge is 0.228 e. The van der Waals surface area contributed by atoms with Gasteiger partial charge in [0, 0.05) is 22.1 Å². The van der Waals surface area contributed by atoms with Crippen LogP contribution in [0.2, 0.25) is 0 Å². The summed E-state index contributed by atoms with van der Waals surface area (Å²) in [5.74, 6) is 0.719. The van der Waals surface area contributed by atoms with E-state index in [0.717, 1.165) is 33.9 Å². The lowest BCUT2D eigenvalue weighted by Gasteiger charge is -2.24. The third kappa shape index (κ3) is 4.64. The molecule has 2 heteroatoms. The van der Waals surface area contributed by atoms with Crippen molar-refractivity contribution in [2.45, 2.75) is 19.3 Å². The van der Waals surface area contributed by atoms with E-state index in [2.05, 4.69) is 184 Å². The van der Waals surface area contributed by atoms with Gasteiger partial charge in [0.05, 0.1) is 11.4 Å². The standard InChI is InChI=1S/C49H34N2/c1-49(2)42-22-11-10-19-39(42)40-20-12-21-41(47(40)49)44-30-43(32-14-4-3-5-15-32)50-48(51-44)34-26-24-33(25-27-34)45-38-18-9-7-16-35(38)29-36-28-23-31-13-6-8-17-37(31)46(36)45/h3-30H,1-2H3. The van der Waals surface area contributed by atoms with Crippen molar-refractivity contribution >= 4 is 32.3 Å². The summed E-state index contributed by atoms with van der Waals surface area (Å²) in [4.78, 5) is 10.5. The van der Waals surface area contributed by atoms with E-state index >= 15 is 0 Å². The van der Waals surface area contributed by atoms with E-state index < -0.39 is 0 Å². The van der Waals surface area contributed by atoms with E-state index in [9.17, 15) is 0 Å². The maximum Gasteiger partial charge on any atom is 0.160 e. The van der Waals surface area contributed by atoms with Gasteiger partial charge in [-0.05, 0) is 77.8 Å². The van der Waals surface area contributed by atoms with Crippen molar-refractivity contribution in [1.82, 2.24) is 9.97 Å². The minimum absolute atomic E-state index is 0.159. The first-order valence-electron chi connectivity index (χ1n) is 17.7. The highest BCUT2D eigenvalue weighted by Gasteiger charge is 2.37. The van der Waals surface area contributed by atoms with Gasteiger partial charge in [-0.15, -0.1) is 0 Å². The zero-order chi connectivity index (χ0) is 34.1. The Hall–Kier alpha value is -6.38. The molecule has 8 aromatic carbocycles. The number of benzene rings is 8. The lowest BCUT2D eigenvalue weighted by Crippen LogP contribution is -2.16. The van der Waals surface area contributed by atoms with Crippen molar-refractivity contribution in [2.24, 2.45) is 0 Å². The van der Waals surface area contributed by atoms with Gasteiger partial charge in [0.25, 0.3) is 0 Å². The first-order valence-corrected chi connectivity index (χ1v) is 17.7. The first kappa shape index (κ1) is 29.5. The van der Waals surface area contributed by atoms with E-state index in [1.807, 2.05) is 0 Å². The molecule has 240 valence electrons. The van der Waals surface area contributed by atoms with E-state index in [-0.39, 0.29) is 5.41 Å². The molecule has 1 aromatic heterocycles. The Morgan fingerprint density at radius 2 is 1.04 bits per heavy atom. The van der Waals surface area contributed by atoms with Crippen LogP contribution in [0.5, 0.6) is 0 Å². The molecule has 10 rings (SSSR count). The van der Waals surface area contributed by atoms with Gasteiger partial charge in [0.1, 0.15) is 0 Å². The SMILES string of the molecule is CC1(C)c2ccccc2-c2cccc(-c3cc(-c4ccccc4)nc(-c4ccc(-c5c6ccccc6cc6ccc7ccccc7c56)cc4)n3)c21. The van der Waals surface area contributed by atoms with Crippen molar-refractivity contribution in [1.29, 1.82) is 0 Å². The Kier molecular flexibility index (Phi) is 6.56. The normalized spacial score (nSPS) is 13.1. The minimum atomic E-state index is -0.159. The first-order chi connectivity index (χ1) is 25.0. The number of nitrogens with zero attached hydrogens (tertiary/aromatic N) is 2. The molecule has 51 heavy (non-hydrogen) atoms. The number of rotatable bonds is 4. The zero-order valence-corrected chi connectivity index (χ0v) is 28.6. The number of hydrogen-bond acceptors (Lipinski definition) is 2. The molecule has 2 nitrogen and oxygen atoms in total. The molecule has 1 aliphatic rings. The summed E-state index contributed by atoms with van der Waals surface area (Å²) in [5.41, 5.74) is 12.6. The van der Waals surface area contributed by atoms with Crippen molar-refractivity contribution in [2.75, 3.05) is 0 Å². The quantitative estimate of drug-likeness (QED) is 0.140. The number of hydrogen-bond donors (Lipinski definition) is 0. The second-order valence-corrected chi connectivity index (χ2v) is 14.2. The average molecular weight is 651 g/mol. The van der Waals surface area contributed by atoms with Gasteiger partial charge in [0.15, 0.2) is 5.82 Å². The zero-order valence-electron chi connectivity index (χ0n) is 28.6. The molecular weight excluding hydrogens is 617 g/mol. The lowest BCUT2D eigenvalue weighted by atomic mass is 9.79. The maximum absolute atomic E-state index is 5.34. The molecule has 9 aromatic rings. The highest BCUT2D eigenvalue weighted by Crippen LogP contribution is 2.52. The van der Waals surface area contributed by atoms with Gasteiger partial charge >= 0.3 is 0 Å². The van der Waals surface area contributed by atoms with Crippen LogP contribution in [0.15, 0.2) is 170 Å². The Morgan fingerprint density at radius 3 is 1.88 bits per heavy atom. The topological polar surface area (TPSA) is 25.8 Å². The highest BCUT2D eigenvalue weighted by atomic mass is 14.9. The van der Waals surface area contributed by atoms with Crippen LogP contribution in [0.3, 0.4) is 0 Å². The molecule has 0 unspecified atom stereocenters. The summed E-state index contributed by atoms with van der Waals surface area (Å²) >= 11 is 0. The Bertz CT molecular complexity index is 2810. The highest BCUT2D eigenvalue weighted by molar-refractivity contribution is 6.21. The van der Waals surface area contributed by atoms with Gasteiger partial charge in [-0.2, -0.15) is 0 Å². The van der Waals surface area contributed by atoms with Crippen LogP contribution < -0.4 is 0 Å². The van der Waals surface area contributed by atoms with Crippen LogP contribution in [0.25, 0.3) is 88.5 Å². The summed E-state index contributed by atoms with van der Waals surface area (Å²) in [6, 6.07) is 61.2. The molecule has 1 heterocycles. The molecule has 0 fully saturated rings. The van der Waals surface area contributed by atoms with Crippen molar-refractivity contribution < 1.29 is 0 Å². The van der Waals surface area contributed by atoms with Gasteiger partial charge in [0.2, 0.25) is 0 Å². The van der Waals surface area contributed by atoms with Crippen LogP contribution >= 0.6 is 0 Å². The van der Waals surface area contributed by atoms with Gasteiger partial charge < -0.3 is 0 Å². The molecular formula is C49H34N2. The fourth-order valence-corrected chi connectivity index (χ4v) is 8.46. The summed E-state index contributed by atoms with van der Waals surface area (Å²) < 4.78 is 0. The molecule has 0 saturated carbocycles. The fraction of sp³-hybridized carbons (Fsp3) is 0.0612. The monoisotopic (exact) mass is 650 g/mol. The third-order valence-electron chi connectivity index (χ3n) is 10.8. The predicted octanol–water partition coefficient (Wildman–Crippen LogP) is 12.9. The lowest BCUT2D eigenvalue weighted by molar-refractivity contribution is 0.662. The Labute approximate surface area is 297 Å². The third-order valence-corrected chi connectivity index (χ3v) is 10.8. The van der Waals surface area contributed by atoms with Crippen LogP contribution in [-0.2, 0) is 5.41 Å². The molecule has 0 amide bonds. The van der Waals surface area contributed by atoms with Crippen molar-refractivity contribution in [3.63, 3.8) is 0 Å². The molecule has 0 atom stereocenters. The van der Waals surface area contributed by atoms with Gasteiger partial charge in [-0.25, -0.2) is 9.97 Å². The average Bonchev–Trinajstić information content (AvgIpc) is 3.43.